The fraction of sp³-hybridized carbons (Fsp3) is 0.391. The monoisotopic (exact) mass is 381 g/mol. The summed E-state index contributed by atoms with van der Waals surface area (Å²) in [5, 5.41) is 5.81. The number of carbonyl (C=O) groups is 2. The van der Waals surface area contributed by atoms with E-state index in [1.165, 1.54) is 5.56 Å². The molecule has 5 heteroatoms. The molecule has 0 saturated heterocycles. The number of hydrogen-bond acceptors (Lipinski definition) is 3. The first-order valence-electron chi connectivity index (χ1n) is 9.89. The van der Waals surface area contributed by atoms with Gasteiger partial charge in [-0.1, -0.05) is 51.1 Å². The maximum Gasteiger partial charge on any atom is 0.238 e. The number of likely N-dealkylation sites (N-methyl/N-ethyl adjacent to an activating group) is 1. The van der Waals surface area contributed by atoms with E-state index < -0.39 is 0 Å². The summed E-state index contributed by atoms with van der Waals surface area (Å²) in [6.45, 7) is 6.70. The standard InChI is InChI=1S/C23H31N3O2/c1-5-17(3)19-11-13-20(14-12-19)24-22(27)15-26(4)16-23(28)25-21-10-8-7-9-18(21)6-2/h7-14,17H,5-6,15-16H2,1-4H3,(H,24,27)(H,25,28)/t17-/m1/s1. The SMILES string of the molecule is CCc1ccccc1NC(=O)CN(C)CC(=O)Nc1ccc([C@H](C)CC)cc1. The molecule has 0 aliphatic rings. The van der Waals surface area contributed by atoms with Gasteiger partial charge in [-0.15, -0.1) is 0 Å². The number of nitrogens with one attached hydrogen (secondary N) is 2. The van der Waals surface area contributed by atoms with E-state index in [0.29, 0.717) is 5.92 Å². The van der Waals surface area contributed by atoms with Crippen molar-refractivity contribution in [1.82, 2.24) is 4.90 Å². The number of benzene rings is 2. The molecule has 2 aromatic carbocycles. The first-order chi connectivity index (χ1) is 13.4. The molecule has 0 fully saturated rings. The highest BCUT2D eigenvalue weighted by Gasteiger charge is 2.12. The van der Waals surface area contributed by atoms with Crippen molar-refractivity contribution in [3.8, 4) is 0 Å². The Kier molecular flexibility index (Phi) is 8.20. The van der Waals surface area contributed by atoms with Crippen molar-refractivity contribution in [2.45, 2.75) is 39.5 Å². The second kappa shape index (κ2) is 10.6. The van der Waals surface area contributed by atoms with Crippen LogP contribution < -0.4 is 10.6 Å². The van der Waals surface area contributed by atoms with E-state index in [2.05, 4.69) is 31.4 Å². The highest BCUT2D eigenvalue weighted by atomic mass is 16.2. The maximum atomic E-state index is 12.3. The van der Waals surface area contributed by atoms with Gasteiger partial charge >= 0.3 is 0 Å². The molecule has 0 radical (unpaired) electrons. The Morgan fingerprint density at radius 2 is 1.54 bits per heavy atom. The van der Waals surface area contributed by atoms with Crippen molar-refractivity contribution < 1.29 is 9.59 Å². The predicted octanol–water partition coefficient (Wildman–Crippen LogP) is 4.27. The Labute approximate surface area is 168 Å². The first-order valence-corrected chi connectivity index (χ1v) is 9.89. The average molecular weight is 382 g/mol. The molecule has 2 aromatic rings. The molecular formula is C23H31N3O2. The van der Waals surface area contributed by atoms with Crippen LogP contribution in [0, 0.1) is 0 Å². The molecule has 0 aliphatic carbocycles. The lowest BCUT2D eigenvalue weighted by Gasteiger charge is -2.17. The molecule has 0 aromatic heterocycles. The normalized spacial score (nSPS) is 11.9. The first kappa shape index (κ1) is 21.6. The smallest absolute Gasteiger partial charge is 0.238 e. The van der Waals surface area contributed by atoms with Crippen LogP contribution >= 0.6 is 0 Å². The zero-order valence-electron chi connectivity index (χ0n) is 17.3. The van der Waals surface area contributed by atoms with Crippen molar-refractivity contribution >= 4 is 23.2 Å². The molecule has 0 unspecified atom stereocenters. The van der Waals surface area contributed by atoms with Gasteiger partial charge in [-0.2, -0.15) is 0 Å². The van der Waals surface area contributed by atoms with Gasteiger partial charge in [0.2, 0.25) is 11.8 Å². The van der Waals surface area contributed by atoms with Gasteiger partial charge in [-0.25, -0.2) is 0 Å². The van der Waals surface area contributed by atoms with Crippen molar-refractivity contribution in [1.29, 1.82) is 0 Å². The highest BCUT2D eigenvalue weighted by molar-refractivity contribution is 5.95. The molecule has 0 saturated carbocycles. The number of amides is 2. The van der Waals surface area contributed by atoms with E-state index in [-0.39, 0.29) is 24.9 Å². The van der Waals surface area contributed by atoms with Crippen LogP contribution in [-0.4, -0.2) is 36.9 Å². The van der Waals surface area contributed by atoms with Gasteiger partial charge in [0.15, 0.2) is 0 Å². The van der Waals surface area contributed by atoms with Crippen molar-refractivity contribution in [2.24, 2.45) is 0 Å². The lowest BCUT2D eigenvalue weighted by molar-refractivity contribution is -0.119. The van der Waals surface area contributed by atoms with Gasteiger partial charge < -0.3 is 10.6 Å². The van der Waals surface area contributed by atoms with Crippen LogP contribution in [0.3, 0.4) is 0 Å². The van der Waals surface area contributed by atoms with Gasteiger partial charge in [0.25, 0.3) is 0 Å². The summed E-state index contributed by atoms with van der Waals surface area (Å²) in [5.74, 6) is 0.238. The van der Waals surface area contributed by atoms with Crippen molar-refractivity contribution in [3.63, 3.8) is 0 Å². The molecule has 2 rings (SSSR count). The fourth-order valence-electron chi connectivity index (χ4n) is 3.02. The number of para-hydroxylation sites is 1. The zero-order chi connectivity index (χ0) is 20.5. The lowest BCUT2D eigenvalue weighted by Crippen LogP contribution is -2.36. The summed E-state index contributed by atoms with van der Waals surface area (Å²) in [5.41, 5.74) is 3.96. The predicted molar refractivity (Wildman–Crippen MR) is 116 cm³/mol. The van der Waals surface area contributed by atoms with Crippen molar-refractivity contribution in [2.75, 3.05) is 30.8 Å². The van der Waals surface area contributed by atoms with Crippen LogP contribution in [0.1, 0.15) is 44.2 Å². The van der Waals surface area contributed by atoms with Crippen LogP contribution in [0.5, 0.6) is 0 Å². The van der Waals surface area contributed by atoms with Crippen LogP contribution in [0.2, 0.25) is 0 Å². The Balaban J connectivity index is 1.82. The number of nitrogens with zero attached hydrogens (tertiary/aromatic N) is 1. The lowest BCUT2D eigenvalue weighted by atomic mass is 9.99. The minimum atomic E-state index is -0.138. The molecule has 0 aliphatic heterocycles. The Morgan fingerprint density at radius 1 is 0.929 bits per heavy atom. The average Bonchev–Trinajstić information content (AvgIpc) is 2.68. The number of anilines is 2. The molecule has 28 heavy (non-hydrogen) atoms. The van der Waals surface area contributed by atoms with Gasteiger partial charge in [0.05, 0.1) is 13.1 Å². The fourth-order valence-corrected chi connectivity index (χ4v) is 3.02. The number of hydrogen-bond donors (Lipinski definition) is 2. The van der Waals surface area contributed by atoms with Crippen molar-refractivity contribution in [3.05, 3.63) is 59.7 Å². The van der Waals surface area contributed by atoms with E-state index in [9.17, 15) is 9.59 Å². The quantitative estimate of drug-likeness (QED) is 0.682. The molecular weight excluding hydrogens is 350 g/mol. The van der Waals surface area contributed by atoms with Crippen LogP contribution in [0.15, 0.2) is 48.5 Å². The van der Waals surface area contributed by atoms with Gasteiger partial charge in [-0.05, 0) is 55.1 Å². The molecule has 1 atom stereocenters. The molecule has 0 heterocycles. The Bertz CT molecular complexity index is 787. The number of aryl methyl sites for hydroxylation is 1. The Hall–Kier alpha value is -2.66. The zero-order valence-corrected chi connectivity index (χ0v) is 17.3. The van der Waals surface area contributed by atoms with Gasteiger partial charge in [0.1, 0.15) is 0 Å². The third kappa shape index (κ3) is 6.50. The summed E-state index contributed by atoms with van der Waals surface area (Å²) in [6, 6.07) is 15.7. The highest BCUT2D eigenvalue weighted by Crippen LogP contribution is 2.20. The molecule has 2 N–H and O–H groups in total. The largest absolute Gasteiger partial charge is 0.325 e. The van der Waals surface area contributed by atoms with Gasteiger partial charge in [-0.3, -0.25) is 14.5 Å². The summed E-state index contributed by atoms with van der Waals surface area (Å²) < 4.78 is 0. The summed E-state index contributed by atoms with van der Waals surface area (Å²) in [6.07, 6.45) is 1.94. The van der Waals surface area contributed by atoms with E-state index in [4.69, 9.17) is 0 Å². The number of rotatable bonds is 9. The van der Waals surface area contributed by atoms with Gasteiger partial charge in [0, 0.05) is 11.4 Å². The summed E-state index contributed by atoms with van der Waals surface area (Å²) in [7, 11) is 1.76. The Morgan fingerprint density at radius 3 is 2.14 bits per heavy atom. The minimum Gasteiger partial charge on any atom is -0.325 e. The third-order valence-corrected chi connectivity index (χ3v) is 4.88. The number of carbonyl (C=O) groups excluding carboxylic acids is 2. The van der Waals surface area contributed by atoms with E-state index in [1.807, 2.05) is 48.5 Å². The molecule has 0 bridgehead atoms. The molecule has 5 nitrogen and oxygen atoms in total. The van der Waals surface area contributed by atoms with Crippen LogP contribution in [-0.2, 0) is 16.0 Å². The minimum absolute atomic E-state index is 0.130. The molecule has 0 spiro atoms. The van der Waals surface area contributed by atoms with E-state index >= 15 is 0 Å². The topological polar surface area (TPSA) is 61.4 Å². The van der Waals surface area contributed by atoms with E-state index in [1.54, 1.807) is 11.9 Å². The van der Waals surface area contributed by atoms with E-state index in [0.717, 1.165) is 29.8 Å². The summed E-state index contributed by atoms with van der Waals surface area (Å²) in [4.78, 5) is 26.2. The summed E-state index contributed by atoms with van der Waals surface area (Å²) >= 11 is 0. The second-order valence-corrected chi connectivity index (χ2v) is 7.21. The maximum absolute atomic E-state index is 12.3. The van der Waals surface area contributed by atoms with Crippen LogP contribution in [0.4, 0.5) is 11.4 Å². The molecule has 2 amide bonds. The van der Waals surface area contributed by atoms with Crippen LogP contribution in [0.25, 0.3) is 0 Å². The third-order valence-electron chi connectivity index (χ3n) is 4.88. The second-order valence-electron chi connectivity index (χ2n) is 7.21. The molecule has 150 valence electrons.